The lowest BCUT2D eigenvalue weighted by atomic mass is 9.99. The van der Waals surface area contributed by atoms with Crippen LogP contribution in [0.4, 0.5) is 5.69 Å². The minimum Gasteiger partial charge on any atom is -0.497 e. The van der Waals surface area contributed by atoms with Crippen LogP contribution < -0.4 is 20.1 Å². The fraction of sp³-hybridized carbons (Fsp3) is 0.562. The van der Waals surface area contributed by atoms with Gasteiger partial charge >= 0.3 is 0 Å². The molecule has 1 saturated heterocycles. The molecule has 0 bridgehead atoms. The van der Waals surface area contributed by atoms with Crippen molar-refractivity contribution in [3.63, 3.8) is 0 Å². The van der Waals surface area contributed by atoms with Crippen LogP contribution in [-0.4, -0.2) is 50.9 Å². The van der Waals surface area contributed by atoms with Crippen LogP contribution in [0.5, 0.6) is 11.5 Å². The Hall–Kier alpha value is -1.53. The van der Waals surface area contributed by atoms with Crippen molar-refractivity contribution in [2.24, 2.45) is 5.92 Å². The van der Waals surface area contributed by atoms with E-state index < -0.39 is 0 Å². The fourth-order valence-electron chi connectivity index (χ4n) is 2.76. The Morgan fingerprint density at radius 3 is 2.86 bits per heavy atom. The number of hydrogen-bond donors (Lipinski definition) is 2. The van der Waals surface area contributed by atoms with Gasteiger partial charge in [0, 0.05) is 19.2 Å². The summed E-state index contributed by atoms with van der Waals surface area (Å²) in [5.41, 5.74) is 0.806. The second kappa shape index (κ2) is 8.19. The van der Waals surface area contributed by atoms with Crippen LogP contribution in [0.3, 0.4) is 0 Å². The van der Waals surface area contributed by atoms with Gasteiger partial charge in [0.2, 0.25) is 0 Å². The molecule has 0 spiro atoms. The van der Waals surface area contributed by atoms with E-state index in [0.29, 0.717) is 11.0 Å². The van der Waals surface area contributed by atoms with Gasteiger partial charge in [0.25, 0.3) is 0 Å². The zero-order valence-corrected chi connectivity index (χ0v) is 14.3. The topological polar surface area (TPSA) is 45.8 Å². The van der Waals surface area contributed by atoms with Gasteiger partial charge in [0.05, 0.1) is 19.9 Å². The number of benzene rings is 1. The maximum atomic E-state index is 5.39. The molecule has 1 atom stereocenters. The number of thiocarbonyl (C=S) groups is 1. The van der Waals surface area contributed by atoms with Crippen LogP contribution >= 0.6 is 12.2 Å². The molecule has 1 aliphatic heterocycles. The minimum atomic E-state index is 0.611. The van der Waals surface area contributed by atoms with Gasteiger partial charge in [-0.3, -0.25) is 0 Å². The van der Waals surface area contributed by atoms with E-state index in [2.05, 4.69) is 22.6 Å². The summed E-state index contributed by atoms with van der Waals surface area (Å²) in [6.45, 7) is 3.21. The Balaban J connectivity index is 1.88. The summed E-state index contributed by atoms with van der Waals surface area (Å²) in [7, 11) is 5.45. The lowest BCUT2D eigenvalue weighted by Gasteiger charge is -2.30. The summed E-state index contributed by atoms with van der Waals surface area (Å²) in [6.07, 6.45) is 2.51. The lowest BCUT2D eigenvalue weighted by Crippen LogP contribution is -2.40. The lowest BCUT2D eigenvalue weighted by molar-refractivity contribution is 0.211. The molecule has 0 aliphatic carbocycles. The summed E-state index contributed by atoms with van der Waals surface area (Å²) < 4.78 is 10.6. The molecular weight excluding hydrogens is 298 g/mol. The van der Waals surface area contributed by atoms with Crippen LogP contribution in [0.15, 0.2) is 18.2 Å². The van der Waals surface area contributed by atoms with Crippen LogP contribution in [0.1, 0.15) is 12.8 Å². The molecule has 0 amide bonds. The predicted molar refractivity (Wildman–Crippen MR) is 94.0 cm³/mol. The van der Waals surface area contributed by atoms with Gasteiger partial charge in [0.15, 0.2) is 5.11 Å². The second-order valence-corrected chi connectivity index (χ2v) is 6.08. The van der Waals surface area contributed by atoms with E-state index in [-0.39, 0.29) is 0 Å². The number of piperidine rings is 1. The smallest absolute Gasteiger partial charge is 0.170 e. The predicted octanol–water partition coefficient (Wildman–Crippen LogP) is 2.33. The molecule has 0 aromatic heterocycles. The van der Waals surface area contributed by atoms with Gasteiger partial charge in [-0.2, -0.15) is 0 Å². The molecule has 1 fully saturated rings. The number of hydrogen-bond acceptors (Lipinski definition) is 4. The zero-order chi connectivity index (χ0) is 15.9. The first-order valence-electron chi connectivity index (χ1n) is 7.57. The van der Waals surface area contributed by atoms with E-state index >= 15 is 0 Å². The molecule has 1 heterocycles. The number of anilines is 1. The van der Waals surface area contributed by atoms with E-state index in [0.717, 1.165) is 30.3 Å². The first kappa shape index (κ1) is 16.8. The Bertz CT molecular complexity index is 510. The minimum absolute atomic E-state index is 0.611. The number of methoxy groups -OCH3 is 2. The van der Waals surface area contributed by atoms with Crippen molar-refractivity contribution in [2.75, 3.05) is 46.2 Å². The van der Waals surface area contributed by atoms with E-state index in [1.165, 1.54) is 19.4 Å². The van der Waals surface area contributed by atoms with E-state index in [9.17, 15) is 0 Å². The average Bonchev–Trinajstić information content (AvgIpc) is 2.53. The highest BCUT2D eigenvalue weighted by atomic mass is 32.1. The third-order valence-corrected chi connectivity index (χ3v) is 4.17. The Morgan fingerprint density at radius 1 is 1.36 bits per heavy atom. The highest BCUT2D eigenvalue weighted by Gasteiger charge is 2.17. The van der Waals surface area contributed by atoms with E-state index in [1.807, 2.05) is 18.2 Å². The SMILES string of the molecule is COc1ccc(OC)c(NC(=S)NC[C@H]2CCCN(C)C2)c1. The monoisotopic (exact) mass is 323 g/mol. The molecule has 1 aromatic carbocycles. The molecule has 5 nitrogen and oxygen atoms in total. The summed E-state index contributed by atoms with van der Waals surface area (Å²) in [6, 6.07) is 5.60. The molecule has 0 radical (unpaired) electrons. The van der Waals surface area contributed by atoms with E-state index in [1.54, 1.807) is 14.2 Å². The highest BCUT2D eigenvalue weighted by Crippen LogP contribution is 2.28. The van der Waals surface area contributed by atoms with Crippen LogP contribution in [0.2, 0.25) is 0 Å². The summed E-state index contributed by atoms with van der Waals surface area (Å²) in [5, 5.41) is 7.11. The molecule has 1 aliphatic rings. The Kier molecular flexibility index (Phi) is 6.27. The van der Waals surface area contributed by atoms with Crippen molar-refractivity contribution in [1.29, 1.82) is 0 Å². The first-order chi connectivity index (χ1) is 10.6. The summed E-state index contributed by atoms with van der Waals surface area (Å²) in [5.74, 6) is 2.15. The Labute approximate surface area is 138 Å². The highest BCUT2D eigenvalue weighted by molar-refractivity contribution is 7.80. The van der Waals surface area contributed by atoms with Gasteiger partial charge in [-0.25, -0.2) is 0 Å². The first-order valence-corrected chi connectivity index (χ1v) is 7.98. The van der Waals surface area contributed by atoms with Crippen molar-refractivity contribution >= 4 is 23.0 Å². The maximum Gasteiger partial charge on any atom is 0.170 e. The van der Waals surface area contributed by atoms with Gasteiger partial charge in [-0.1, -0.05) is 0 Å². The third-order valence-electron chi connectivity index (χ3n) is 3.93. The van der Waals surface area contributed by atoms with Crippen molar-refractivity contribution in [2.45, 2.75) is 12.8 Å². The number of likely N-dealkylation sites (tertiary alicyclic amines) is 1. The molecule has 0 unspecified atom stereocenters. The molecule has 2 rings (SSSR count). The number of nitrogens with zero attached hydrogens (tertiary/aromatic N) is 1. The average molecular weight is 323 g/mol. The molecule has 6 heteroatoms. The van der Waals surface area contributed by atoms with Crippen LogP contribution in [0, 0.1) is 5.92 Å². The zero-order valence-electron chi connectivity index (χ0n) is 13.5. The largest absolute Gasteiger partial charge is 0.497 e. The van der Waals surface area contributed by atoms with Crippen molar-refractivity contribution in [1.82, 2.24) is 10.2 Å². The van der Waals surface area contributed by atoms with Gasteiger partial charge in [0.1, 0.15) is 11.5 Å². The summed E-state index contributed by atoms with van der Waals surface area (Å²) in [4.78, 5) is 2.37. The third kappa shape index (κ3) is 4.74. The van der Waals surface area contributed by atoms with Crippen molar-refractivity contribution < 1.29 is 9.47 Å². The van der Waals surface area contributed by atoms with Gasteiger partial charge in [-0.05, 0) is 56.7 Å². The Morgan fingerprint density at radius 2 is 2.18 bits per heavy atom. The second-order valence-electron chi connectivity index (χ2n) is 5.67. The summed E-state index contributed by atoms with van der Waals surface area (Å²) >= 11 is 5.39. The van der Waals surface area contributed by atoms with Crippen molar-refractivity contribution in [3.8, 4) is 11.5 Å². The fourth-order valence-corrected chi connectivity index (χ4v) is 2.95. The molecule has 22 heavy (non-hydrogen) atoms. The van der Waals surface area contributed by atoms with Crippen molar-refractivity contribution in [3.05, 3.63) is 18.2 Å². The number of nitrogens with one attached hydrogen (secondary N) is 2. The normalized spacial score (nSPS) is 18.6. The molecule has 2 N–H and O–H groups in total. The van der Waals surface area contributed by atoms with Gasteiger partial charge < -0.3 is 25.0 Å². The van der Waals surface area contributed by atoms with E-state index in [4.69, 9.17) is 21.7 Å². The molecule has 122 valence electrons. The maximum absolute atomic E-state index is 5.39. The standard InChI is InChI=1S/C16H25N3O2S/c1-19-8-4-5-12(11-19)10-17-16(22)18-14-9-13(20-2)6-7-15(14)21-3/h6-7,9,12H,4-5,8,10-11H2,1-3H3,(H2,17,18,22)/t12-/m1/s1. The van der Waals surface area contributed by atoms with Crippen LogP contribution in [-0.2, 0) is 0 Å². The van der Waals surface area contributed by atoms with Crippen LogP contribution in [0.25, 0.3) is 0 Å². The number of rotatable bonds is 5. The molecular formula is C16H25N3O2S. The van der Waals surface area contributed by atoms with Gasteiger partial charge in [-0.15, -0.1) is 0 Å². The molecule has 1 aromatic rings. The number of ether oxygens (including phenoxy) is 2. The quantitative estimate of drug-likeness (QED) is 0.811. The molecule has 0 saturated carbocycles.